The minimum Gasteiger partial charge on any atom is -0.490 e. The minimum atomic E-state index is -0.0230. The summed E-state index contributed by atoms with van der Waals surface area (Å²) < 4.78 is 7.19. The Morgan fingerprint density at radius 2 is 2.32 bits per heavy atom. The van der Waals surface area contributed by atoms with Crippen molar-refractivity contribution < 1.29 is 14.6 Å². The largest absolute Gasteiger partial charge is 0.490 e. The summed E-state index contributed by atoms with van der Waals surface area (Å²) in [6, 6.07) is 3.65. The smallest absolute Gasteiger partial charge is 0.181 e. The van der Waals surface area contributed by atoms with Gasteiger partial charge >= 0.3 is 0 Å². The molecule has 5 nitrogen and oxygen atoms in total. The monoisotopic (exact) mass is 284 g/mol. The number of ether oxygens (including phenoxy) is 1. The lowest BCUT2D eigenvalue weighted by molar-refractivity contribution is 0.0965. The zero-order chi connectivity index (χ0) is 13.0. The number of nitrogens with zero attached hydrogens (tertiary/aromatic N) is 2. The Morgan fingerprint density at radius 3 is 3.00 bits per heavy atom. The molecular weight excluding hydrogens is 268 g/mol. The van der Waals surface area contributed by atoms with Gasteiger partial charge in [0, 0.05) is 19.2 Å². The molecule has 0 aliphatic carbocycles. The van der Waals surface area contributed by atoms with Crippen molar-refractivity contribution >= 4 is 23.8 Å². The SMILES string of the molecule is CCOc1cccn2c(C(=O)CCCO)cnc12.Cl. The maximum atomic E-state index is 11.9. The molecule has 0 atom stereocenters. The molecule has 0 saturated carbocycles. The van der Waals surface area contributed by atoms with Crippen molar-refractivity contribution in [3.05, 3.63) is 30.2 Å². The third-order valence-corrected chi connectivity index (χ3v) is 2.65. The number of rotatable bonds is 6. The van der Waals surface area contributed by atoms with E-state index in [9.17, 15) is 4.79 Å². The number of aliphatic hydroxyl groups excluding tert-OH is 1. The van der Waals surface area contributed by atoms with Gasteiger partial charge in [0.15, 0.2) is 17.2 Å². The highest BCUT2D eigenvalue weighted by molar-refractivity contribution is 5.95. The first kappa shape index (κ1) is 15.5. The average molecular weight is 285 g/mol. The first-order valence-electron chi connectivity index (χ1n) is 6.01. The number of ketones is 1. The second-order valence-electron chi connectivity index (χ2n) is 3.89. The highest BCUT2D eigenvalue weighted by Crippen LogP contribution is 2.20. The summed E-state index contributed by atoms with van der Waals surface area (Å²) in [5.41, 5.74) is 1.17. The lowest BCUT2D eigenvalue weighted by atomic mass is 10.2. The van der Waals surface area contributed by atoms with Crippen molar-refractivity contribution in [2.75, 3.05) is 13.2 Å². The minimum absolute atomic E-state index is 0. The van der Waals surface area contributed by atoms with Gasteiger partial charge in [-0.25, -0.2) is 4.98 Å². The molecule has 6 heteroatoms. The number of imidazole rings is 1. The van der Waals surface area contributed by atoms with Crippen LogP contribution in [-0.2, 0) is 0 Å². The zero-order valence-electron chi connectivity index (χ0n) is 10.7. The van der Waals surface area contributed by atoms with Gasteiger partial charge in [0.25, 0.3) is 0 Å². The molecule has 0 radical (unpaired) electrons. The molecular formula is C13H17ClN2O3. The molecule has 0 unspecified atom stereocenters. The van der Waals surface area contributed by atoms with Gasteiger partial charge < -0.3 is 9.84 Å². The summed E-state index contributed by atoms with van der Waals surface area (Å²) in [6.45, 7) is 2.48. The van der Waals surface area contributed by atoms with Gasteiger partial charge in [0.1, 0.15) is 5.69 Å². The summed E-state index contributed by atoms with van der Waals surface area (Å²) in [7, 11) is 0. The van der Waals surface area contributed by atoms with E-state index in [0.29, 0.717) is 36.5 Å². The molecule has 0 saturated heterocycles. The van der Waals surface area contributed by atoms with Crippen molar-refractivity contribution in [3.63, 3.8) is 0 Å². The Bertz CT molecular complexity index is 554. The van der Waals surface area contributed by atoms with Gasteiger partial charge in [-0.05, 0) is 25.5 Å². The Hall–Kier alpha value is -1.59. The fourth-order valence-corrected chi connectivity index (χ4v) is 1.83. The number of halogens is 1. The molecule has 19 heavy (non-hydrogen) atoms. The number of hydrogen-bond donors (Lipinski definition) is 1. The summed E-state index contributed by atoms with van der Waals surface area (Å²) in [5.74, 6) is 0.645. The van der Waals surface area contributed by atoms with Crippen LogP contribution in [0.5, 0.6) is 5.75 Å². The fraction of sp³-hybridized carbons (Fsp3) is 0.385. The maximum Gasteiger partial charge on any atom is 0.181 e. The van der Waals surface area contributed by atoms with Gasteiger partial charge in [-0.15, -0.1) is 12.4 Å². The molecule has 104 valence electrons. The van der Waals surface area contributed by atoms with E-state index in [4.69, 9.17) is 9.84 Å². The van der Waals surface area contributed by atoms with Crippen LogP contribution >= 0.6 is 12.4 Å². The molecule has 0 aliphatic heterocycles. The number of fused-ring (bicyclic) bond motifs is 1. The molecule has 0 spiro atoms. The van der Waals surface area contributed by atoms with Gasteiger partial charge in [-0.2, -0.15) is 0 Å². The van der Waals surface area contributed by atoms with Gasteiger partial charge in [-0.1, -0.05) is 0 Å². The van der Waals surface area contributed by atoms with Crippen LogP contribution < -0.4 is 4.74 Å². The van der Waals surface area contributed by atoms with Crippen molar-refractivity contribution in [2.45, 2.75) is 19.8 Å². The average Bonchev–Trinajstić information content (AvgIpc) is 2.81. The van der Waals surface area contributed by atoms with E-state index in [2.05, 4.69) is 4.98 Å². The number of carbonyl (C=O) groups excluding carboxylic acids is 1. The van der Waals surface area contributed by atoms with E-state index in [1.165, 1.54) is 0 Å². The Morgan fingerprint density at radius 1 is 1.53 bits per heavy atom. The Balaban J connectivity index is 0.00000180. The van der Waals surface area contributed by atoms with Gasteiger partial charge in [-0.3, -0.25) is 9.20 Å². The molecule has 2 aromatic rings. The van der Waals surface area contributed by atoms with Crippen LogP contribution in [0.1, 0.15) is 30.3 Å². The van der Waals surface area contributed by atoms with Crippen molar-refractivity contribution in [2.24, 2.45) is 0 Å². The topological polar surface area (TPSA) is 63.8 Å². The predicted octanol–water partition coefficient (Wildman–Crippen LogP) is 2.11. The van der Waals surface area contributed by atoms with Crippen LogP contribution in [0.4, 0.5) is 0 Å². The molecule has 0 bridgehead atoms. The second kappa shape index (κ2) is 7.11. The lowest BCUT2D eigenvalue weighted by Gasteiger charge is -2.05. The molecule has 1 N–H and O–H groups in total. The van der Waals surface area contributed by atoms with E-state index >= 15 is 0 Å². The zero-order valence-corrected chi connectivity index (χ0v) is 11.5. The molecule has 0 fully saturated rings. The highest BCUT2D eigenvalue weighted by atomic mass is 35.5. The van der Waals surface area contributed by atoms with Crippen molar-refractivity contribution in [1.29, 1.82) is 0 Å². The molecule has 2 aromatic heterocycles. The van der Waals surface area contributed by atoms with Crippen molar-refractivity contribution in [3.8, 4) is 5.75 Å². The van der Waals surface area contributed by atoms with Crippen LogP contribution in [-0.4, -0.2) is 33.5 Å². The van der Waals surface area contributed by atoms with E-state index in [-0.39, 0.29) is 24.8 Å². The third-order valence-electron chi connectivity index (χ3n) is 2.65. The van der Waals surface area contributed by atoms with E-state index in [1.54, 1.807) is 16.8 Å². The number of carbonyl (C=O) groups is 1. The van der Waals surface area contributed by atoms with Crippen LogP contribution in [0.15, 0.2) is 24.5 Å². The summed E-state index contributed by atoms with van der Waals surface area (Å²) in [4.78, 5) is 16.2. The quantitative estimate of drug-likeness (QED) is 0.825. The number of hydrogen-bond acceptors (Lipinski definition) is 4. The fourth-order valence-electron chi connectivity index (χ4n) is 1.83. The van der Waals surface area contributed by atoms with Crippen molar-refractivity contribution in [1.82, 2.24) is 9.38 Å². The molecule has 2 rings (SSSR count). The molecule has 0 aromatic carbocycles. The molecule has 0 aliphatic rings. The highest BCUT2D eigenvalue weighted by Gasteiger charge is 2.13. The van der Waals surface area contributed by atoms with Crippen LogP contribution in [0.3, 0.4) is 0 Å². The van der Waals surface area contributed by atoms with Crippen LogP contribution in [0, 0.1) is 0 Å². The Kier molecular flexibility index (Phi) is 5.79. The van der Waals surface area contributed by atoms with Crippen LogP contribution in [0.25, 0.3) is 5.65 Å². The lowest BCUT2D eigenvalue weighted by Crippen LogP contribution is -2.04. The first-order valence-corrected chi connectivity index (χ1v) is 6.01. The number of aliphatic hydroxyl groups is 1. The predicted molar refractivity (Wildman–Crippen MR) is 74.3 cm³/mol. The Labute approximate surface area is 117 Å². The van der Waals surface area contributed by atoms with Gasteiger partial charge in [0.2, 0.25) is 0 Å². The number of Topliss-reactive ketones (excluding diaryl/α,β-unsaturated/α-hetero) is 1. The normalized spacial score (nSPS) is 10.2. The van der Waals surface area contributed by atoms with E-state index < -0.39 is 0 Å². The molecule has 2 heterocycles. The maximum absolute atomic E-state index is 11.9. The summed E-state index contributed by atoms with van der Waals surface area (Å²) >= 11 is 0. The molecule has 0 amide bonds. The van der Waals surface area contributed by atoms with E-state index in [1.807, 2.05) is 19.1 Å². The van der Waals surface area contributed by atoms with Gasteiger partial charge in [0.05, 0.1) is 12.8 Å². The number of pyridine rings is 1. The van der Waals surface area contributed by atoms with Crippen LogP contribution in [0.2, 0.25) is 0 Å². The summed E-state index contributed by atoms with van der Waals surface area (Å²) in [5, 5.41) is 8.75. The number of aromatic nitrogens is 2. The summed E-state index contributed by atoms with van der Waals surface area (Å²) in [6.07, 6.45) is 4.13. The first-order chi connectivity index (χ1) is 8.77. The third kappa shape index (κ3) is 3.24. The standard InChI is InChI=1S/C13H16N2O3.ClH/c1-2-18-12-6-3-7-15-10(9-14-13(12)15)11(17)5-4-8-16;/h3,6-7,9,16H,2,4-5,8H2,1H3;1H. The van der Waals surface area contributed by atoms with E-state index in [0.717, 1.165) is 0 Å². The second-order valence-corrected chi connectivity index (χ2v) is 3.89.